The Morgan fingerprint density at radius 2 is 1.71 bits per heavy atom. The summed E-state index contributed by atoms with van der Waals surface area (Å²) in [6.45, 7) is 0.537. The third-order valence-electron chi connectivity index (χ3n) is 3.50. The summed E-state index contributed by atoms with van der Waals surface area (Å²) in [4.78, 5) is 58.1. The quantitative estimate of drug-likeness (QED) is 0.157. The number of aliphatic hydroxyl groups is 1. The molecule has 0 aliphatic heterocycles. The average Bonchev–Trinajstić information content (AvgIpc) is 2.60. The van der Waals surface area contributed by atoms with E-state index in [1.165, 1.54) is 18.7 Å². The maximum Gasteiger partial charge on any atom is 0.328 e. The molecule has 0 spiro atoms. The van der Waals surface area contributed by atoms with Crippen molar-refractivity contribution in [2.24, 2.45) is 11.5 Å². The Hall–Kier alpha value is -2.38. The molecular weight excluding hydrogens is 394 g/mol. The van der Waals surface area contributed by atoms with E-state index in [1.807, 2.05) is 11.6 Å². The first kappa shape index (κ1) is 25.6. The molecule has 0 aromatic rings. The summed E-state index contributed by atoms with van der Waals surface area (Å²) in [6, 6.07) is -3.79. The molecule has 0 bridgehead atoms. The molecule has 0 aromatic heterocycles. The summed E-state index contributed by atoms with van der Waals surface area (Å²) >= 11 is 1.49. The Balaban J connectivity index is 4.81. The first-order valence-corrected chi connectivity index (χ1v) is 9.70. The van der Waals surface area contributed by atoms with Gasteiger partial charge in [0.05, 0.1) is 25.1 Å². The number of nitrogens with one attached hydrogen (secondary N) is 3. The van der Waals surface area contributed by atoms with Crippen LogP contribution in [0.5, 0.6) is 0 Å². The largest absolute Gasteiger partial charge is 0.480 e. The van der Waals surface area contributed by atoms with Crippen LogP contribution in [-0.2, 0) is 24.0 Å². The molecule has 0 radical (unpaired) electrons. The van der Waals surface area contributed by atoms with Crippen molar-refractivity contribution in [3.05, 3.63) is 0 Å². The Labute approximate surface area is 166 Å². The van der Waals surface area contributed by atoms with Crippen LogP contribution in [0, 0.1) is 0 Å². The van der Waals surface area contributed by atoms with E-state index >= 15 is 0 Å². The third kappa shape index (κ3) is 10.1. The molecule has 28 heavy (non-hydrogen) atoms. The van der Waals surface area contributed by atoms with Crippen LogP contribution in [0.3, 0.4) is 0 Å². The van der Waals surface area contributed by atoms with Gasteiger partial charge in [0, 0.05) is 0 Å². The van der Waals surface area contributed by atoms with Gasteiger partial charge in [-0.25, -0.2) is 4.79 Å². The zero-order chi connectivity index (χ0) is 21.9. The lowest BCUT2D eigenvalue weighted by atomic mass is 10.1. The summed E-state index contributed by atoms with van der Waals surface area (Å²) in [6.07, 6.45) is 0.323. The lowest BCUT2D eigenvalue weighted by Crippen LogP contribution is -2.55. The number of amides is 4. The third-order valence-corrected chi connectivity index (χ3v) is 4.14. The summed E-state index contributed by atoms with van der Waals surface area (Å²) in [5.74, 6) is -4.10. The molecule has 0 aliphatic rings. The standard InChI is InChI=1S/C15H27N5O7S/c1-7(21)12(15(26)27)20-11(23)6-18-14(25)9(5-10(17)22)19-13(24)8(16)3-4-28-2/h7-9,12,21H,3-6,16H2,1-2H3,(H2,17,22)(H,18,25)(H,19,24)(H,20,23)(H,26,27). The second-order valence-corrected chi connectivity index (χ2v) is 6.95. The fourth-order valence-corrected chi connectivity index (χ4v) is 2.46. The minimum atomic E-state index is -1.56. The van der Waals surface area contributed by atoms with Gasteiger partial charge in [-0.05, 0) is 25.4 Å². The molecule has 0 saturated carbocycles. The maximum absolute atomic E-state index is 12.2. The number of rotatable bonds is 13. The predicted octanol–water partition coefficient (Wildman–Crippen LogP) is -3.51. The van der Waals surface area contributed by atoms with Gasteiger partial charge in [0.2, 0.25) is 23.6 Å². The van der Waals surface area contributed by atoms with Crippen molar-refractivity contribution in [3.63, 3.8) is 0 Å². The number of carbonyl (C=O) groups excluding carboxylic acids is 4. The molecule has 9 N–H and O–H groups in total. The Bertz CT molecular complexity index is 587. The van der Waals surface area contributed by atoms with Crippen LogP contribution in [0.2, 0.25) is 0 Å². The molecule has 0 fully saturated rings. The minimum absolute atomic E-state index is 0.357. The molecule has 0 aromatic carbocycles. The van der Waals surface area contributed by atoms with Crippen molar-refractivity contribution in [1.82, 2.24) is 16.0 Å². The zero-order valence-electron chi connectivity index (χ0n) is 15.6. The fourth-order valence-electron chi connectivity index (χ4n) is 1.97. The molecule has 0 rings (SSSR count). The van der Waals surface area contributed by atoms with Gasteiger partial charge in [0.1, 0.15) is 6.04 Å². The van der Waals surface area contributed by atoms with E-state index in [0.717, 1.165) is 0 Å². The molecule has 12 nitrogen and oxygen atoms in total. The maximum atomic E-state index is 12.2. The number of hydrogen-bond donors (Lipinski definition) is 7. The number of aliphatic carboxylic acids is 1. The molecule has 160 valence electrons. The molecular formula is C15H27N5O7S. The minimum Gasteiger partial charge on any atom is -0.480 e. The summed E-state index contributed by atoms with van der Waals surface area (Å²) in [5.41, 5.74) is 10.8. The molecule has 13 heteroatoms. The summed E-state index contributed by atoms with van der Waals surface area (Å²) in [5, 5.41) is 24.7. The van der Waals surface area contributed by atoms with Crippen molar-refractivity contribution < 1.29 is 34.2 Å². The van der Waals surface area contributed by atoms with Crippen molar-refractivity contribution in [2.45, 2.75) is 44.0 Å². The molecule has 0 aliphatic carbocycles. The molecule has 0 heterocycles. The van der Waals surface area contributed by atoms with Crippen LogP contribution in [0.15, 0.2) is 0 Å². The Morgan fingerprint density at radius 3 is 2.18 bits per heavy atom. The first-order valence-electron chi connectivity index (χ1n) is 8.30. The number of carboxylic acid groups (broad SMARTS) is 1. The number of carbonyl (C=O) groups is 5. The number of carboxylic acids is 1. The van der Waals surface area contributed by atoms with Crippen LogP contribution < -0.4 is 27.4 Å². The molecule has 4 amide bonds. The zero-order valence-corrected chi connectivity index (χ0v) is 16.5. The number of nitrogens with two attached hydrogens (primary N) is 2. The van der Waals surface area contributed by atoms with Gasteiger partial charge in [0.25, 0.3) is 0 Å². The summed E-state index contributed by atoms with van der Waals surface area (Å²) in [7, 11) is 0. The van der Waals surface area contributed by atoms with E-state index in [9.17, 15) is 29.1 Å². The smallest absolute Gasteiger partial charge is 0.328 e. The van der Waals surface area contributed by atoms with E-state index in [1.54, 1.807) is 0 Å². The van der Waals surface area contributed by atoms with Crippen molar-refractivity contribution in [1.29, 1.82) is 0 Å². The number of hydrogen-bond acceptors (Lipinski definition) is 8. The molecule has 4 unspecified atom stereocenters. The first-order chi connectivity index (χ1) is 13.0. The van der Waals surface area contributed by atoms with E-state index in [0.29, 0.717) is 12.2 Å². The van der Waals surface area contributed by atoms with E-state index in [-0.39, 0.29) is 0 Å². The van der Waals surface area contributed by atoms with Gasteiger partial charge < -0.3 is 37.6 Å². The normalized spacial score (nSPS) is 14.9. The van der Waals surface area contributed by atoms with Gasteiger partial charge in [-0.1, -0.05) is 0 Å². The topological polar surface area (TPSA) is 214 Å². The van der Waals surface area contributed by atoms with E-state index in [2.05, 4.69) is 10.6 Å². The van der Waals surface area contributed by atoms with Crippen LogP contribution in [0.25, 0.3) is 0 Å². The van der Waals surface area contributed by atoms with Crippen molar-refractivity contribution in [2.75, 3.05) is 18.6 Å². The number of thioether (sulfide) groups is 1. The van der Waals surface area contributed by atoms with Gasteiger partial charge in [-0.3, -0.25) is 19.2 Å². The van der Waals surface area contributed by atoms with Crippen LogP contribution in [0.4, 0.5) is 0 Å². The van der Waals surface area contributed by atoms with Gasteiger partial charge >= 0.3 is 5.97 Å². The highest BCUT2D eigenvalue weighted by molar-refractivity contribution is 7.98. The predicted molar refractivity (Wildman–Crippen MR) is 101 cm³/mol. The highest BCUT2D eigenvalue weighted by atomic mass is 32.2. The lowest BCUT2D eigenvalue weighted by Gasteiger charge is -2.20. The second-order valence-electron chi connectivity index (χ2n) is 5.96. The molecule has 4 atom stereocenters. The Morgan fingerprint density at radius 1 is 1.11 bits per heavy atom. The molecule has 0 saturated heterocycles. The van der Waals surface area contributed by atoms with Crippen molar-refractivity contribution >= 4 is 41.4 Å². The van der Waals surface area contributed by atoms with Gasteiger partial charge in [-0.15, -0.1) is 0 Å². The van der Waals surface area contributed by atoms with E-state index in [4.69, 9.17) is 16.6 Å². The summed E-state index contributed by atoms with van der Waals surface area (Å²) < 4.78 is 0. The Kier molecular flexibility index (Phi) is 11.8. The highest BCUT2D eigenvalue weighted by Gasteiger charge is 2.27. The lowest BCUT2D eigenvalue weighted by molar-refractivity contribution is -0.144. The van der Waals surface area contributed by atoms with Crippen molar-refractivity contribution in [3.8, 4) is 0 Å². The van der Waals surface area contributed by atoms with E-state index < -0.39 is 66.8 Å². The second kappa shape index (κ2) is 12.9. The monoisotopic (exact) mass is 421 g/mol. The van der Waals surface area contributed by atoms with Crippen LogP contribution >= 0.6 is 11.8 Å². The fraction of sp³-hybridized carbons (Fsp3) is 0.667. The number of aliphatic hydroxyl groups excluding tert-OH is 1. The highest BCUT2D eigenvalue weighted by Crippen LogP contribution is 2.00. The average molecular weight is 421 g/mol. The van der Waals surface area contributed by atoms with Crippen LogP contribution in [0.1, 0.15) is 19.8 Å². The van der Waals surface area contributed by atoms with Gasteiger partial charge in [-0.2, -0.15) is 11.8 Å². The van der Waals surface area contributed by atoms with Gasteiger partial charge in [0.15, 0.2) is 6.04 Å². The van der Waals surface area contributed by atoms with Crippen LogP contribution in [-0.4, -0.2) is 82.6 Å². The SMILES string of the molecule is CSCCC(N)C(=O)NC(CC(N)=O)C(=O)NCC(=O)NC(C(=O)O)C(C)O. The number of primary amides is 1.